The van der Waals surface area contributed by atoms with E-state index >= 15 is 0 Å². The summed E-state index contributed by atoms with van der Waals surface area (Å²) in [6.45, 7) is 4.77. The van der Waals surface area contributed by atoms with Crippen LogP contribution in [0.25, 0.3) is 0 Å². The van der Waals surface area contributed by atoms with E-state index in [1.54, 1.807) is 0 Å². The molecule has 10 heavy (non-hydrogen) atoms. The summed E-state index contributed by atoms with van der Waals surface area (Å²) in [4.78, 5) is 0. The van der Waals surface area contributed by atoms with Gasteiger partial charge in [-0.1, -0.05) is 6.92 Å². The van der Waals surface area contributed by atoms with Gasteiger partial charge in [0.1, 0.15) is 0 Å². The molecule has 2 heterocycles. The van der Waals surface area contributed by atoms with E-state index in [-0.39, 0.29) is 0 Å². The van der Waals surface area contributed by atoms with Crippen LogP contribution in [-0.2, 0) is 0 Å². The molecular weight excluding hydrogens is 124 g/mol. The highest BCUT2D eigenvalue weighted by Gasteiger charge is 2.31. The molecule has 2 saturated heterocycles. The summed E-state index contributed by atoms with van der Waals surface area (Å²) >= 11 is 0. The topological polar surface area (TPSA) is 24.1 Å². The summed E-state index contributed by atoms with van der Waals surface area (Å²) in [5.41, 5.74) is 0. The summed E-state index contributed by atoms with van der Waals surface area (Å²) in [5.74, 6) is 0.867. The van der Waals surface area contributed by atoms with E-state index in [1.807, 2.05) is 0 Å². The summed E-state index contributed by atoms with van der Waals surface area (Å²) in [5, 5.41) is 7.09. The van der Waals surface area contributed by atoms with Crippen LogP contribution in [0.5, 0.6) is 0 Å². The second-order valence-corrected chi connectivity index (χ2v) is 3.70. The van der Waals surface area contributed by atoms with Crippen molar-refractivity contribution in [3.05, 3.63) is 0 Å². The first-order valence-electron chi connectivity index (χ1n) is 4.33. The van der Waals surface area contributed by atoms with Gasteiger partial charge in [0.25, 0.3) is 0 Å². The highest BCUT2D eigenvalue weighted by atomic mass is 15.1. The van der Waals surface area contributed by atoms with Crippen LogP contribution in [0.4, 0.5) is 0 Å². The number of fused-ring (bicyclic) bond motifs is 1. The Morgan fingerprint density at radius 2 is 2.10 bits per heavy atom. The van der Waals surface area contributed by atoms with Crippen LogP contribution >= 0.6 is 0 Å². The third-order valence-corrected chi connectivity index (χ3v) is 2.73. The predicted octanol–water partition coefficient (Wildman–Crippen LogP) is 0.346. The molecule has 2 heteroatoms. The fourth-order valence-electron chi connectivity index (χ4n) is 2.13. The van der Waals surface area contributed by atoms with Crippen molar-refractivity contribution in [1.29, 1.82) is 0 Å². The van der Waals surface area contributed by atoms with Crippen molar-refractivity contribution in [2.24, 2.45) is 5.92 Å². The smallest absolute Gasteiger partial charge is 0.0233 e. The van der Waals surface area contributed by atoms with Crippen LogP contribution in [0.3, 0.4) is 0 Å². The quantitative estimate of drug-likeness (QED) is 0.507. The first-order valence-corrected chi connectivity index (χ1v) is 4.33. The lowest BCUT2D eigenvalue weighted by Gasteiger charge is -2.30. The highest BCUT2D eigenvalue weighted by Crippen LogP contribution is 2.19. The van der Waals surface area contributed by atoms with Crippen LogP contribution in [-0.4, -0.2) is 25.2 Å². The molecular formula is C8H16N2. The highest BCUT2D eigenvalue weighted by molar-refractivity contribution is 4.93. The average Bonchev–Trinajstić information content (AvgIpc) is 2.33. The van der Waals surface area contributed by atoms with Gasteiger partial charge < -0.3 is 10.6 Å². The van der Waals surface area contributed by atoms with Gasteiger partial charge >= 0.3 is 0 Å². The van der Waals surface area contributed by atoms with Gasteiger partial charge in [-0.15, -0.1) is 0 Å². The summed E-state index contributed by atoms with van der Waals surface area (Å²) < 4.78 is 0. The minimum atomic E-state index is 0.781. The maximum Gasteiger partial charge on any atom is 0.0233 e. The second kappa shape index (κ2) is 2.51. The number of rotatable bonds is 0. The van der Waals surface area contributed by atoms with Gasteiger partial charge in [-0.2, -0.15) is 0 Å². The first-order chi connectivity index (χ1) is 4.86. The lowest BCUT2D eigenvalue weighted by molar-refractivity contribution is 0.296. The van der Waals surface area contributed by atoms with Gasteiger partial charge in [0, 0.05) is 12.1 Å². The minimum Gasteiger partial charge on any atom is -0.312 e. The van der Waals surface area contributed by atoms with Crippen LogP contribution in [0.15, 0.2) is 0 Å². The van der Waals surface area contributed by atoms with Crippen molar-refractivity contribution < 1.29 is 0 Å². The molecule has 2 nitrogen and oxygen atoms in total. The molecule has 0 aliphatic carbocycles. The Morgan fingerprint density at radius 3 is 3.00 bits per heavy atom. The normalized spacial score (nSPS) is 47.1. The van der Waals surface area contributed by atoms with E-state index in [0.717, 1.165) is 18.0 Å². The van der Waals surface area contributed by atoms with Crippen LogP contribution in [0.2, 0.25) is 0 Å². The third kappa shape index (κ3) is 1.06. The van der Waals surface area contributed by atoms with Crippen LogP contribution in [0.1, 0.15) is 19.8 Å². The van der Waals surface area contributed by atoms with Gasteiger partial charge in [-0.25, -0.2) is 0 Å². The molecule has 0 spiro atoms. The lowest BCUT2D eigenvalue weighted by atomic mass is 9.93. The monoisotopic (exact) mass is 140 g/mol. The number of nitrogens with one attached hydrogen (secondary N) is 2. The average molecular weight is 140 g/mol. The number of hydrogen-bond donors (Lipinski definition) is 2. The third-order valence-electron chi connectivity index (χ3n) is 2.73. The summed E-state index contributed by atoms with van der Waals surface area (Å²) in [6, 6.07) is 1.57. The molecule has 0 aromatic rings. The summed E-state index contributed by atoms with van der Waals surface area (Å²) in [6.07, 6.45) is 2.70. The van der Waals surface area contributed by atoms with Gasteiger partial charge in [0.05, 0.1) is 0 Å². The van der Waals surface area contributed by atoms with Gasteiger partial charge in [-0.3, -0.25) is 0 Å². The van der Waals surface area contributed by atoms with E-state index < -0.39 is 0 Å². The fraction of sp³-hybridized carbons (Fsp3) is 1.00. The molecule has 0 bridgehead atoms. The molecule has 0 aromatic heterocycles. The zero-order valence-electron chi connectivity index (χ0n) is 6.56. The van der Waals surface area contributed by atoms with Crippen molar-refractivity contribution in [3.8, 4) is 0 Å². The van der Waals surface area contributed by atoms with Crippen molar-refractivity contribution in [2.75, 3.05) is 13.1 Å². The Kier molecular flexibility index (Phi) is 1.66. The molecule has 2 N–H and O–H groups in total. The lowest BCUT2D eigenvalue weighted by Crippen LogP contribution is -2.48. The first kappa shape index (κ1) is 6.62. The molecule has 0 radical (unpaired) electrons. The Balaban J connectivity index is 1.96. The molecule has 2 aliphatic rings. The van der Waals surface area contributed by atoms with Gasteiger partial charge in [-0.05, 0) is 31.8 Å². The molecule has 2 fully saturated rings. The van der Waals surface area contributed by atoms with Gasteiger partial charge in [0.15, 0.2) is 0 Å². The maximum absolute atomic E-state index is 3.57. The molecule has 3 unspecified atom stereocenters. The molecule has 58 valence electrons. The SMILES string of the molecule is CC1CNC2CCNC2C1. The largest absolute Gasteiger partial charge is 0.312 e. The molecule has 0 saturated carbocycles. The molecule has 2 rings (SSSR count). The Labute approximate surface area is 62.4 Å². The van der Waals surface area contributed by atoms with E-state index in [4.69, 9.17) is 0 Å². The van der Waals surface area contributed by atoms with E-state index in [1.165, 1.54) is 25.9 Å². The Hall–Kier alpha value is -0.0800. The maximum atomic E-state index is 3.57. The van der Waals surface area contributed by atoms with Crippen molar-refractivity contribution >= 4 is 0 Å². The second-order valence-electron chi connectivity index (χ2n) is 3.70. The number of piperidine rings is 1. The van der Waals surface area contributed by atoms with E-state index in [9.17, 15) is 0 Å². The van der Waals surface area contributed by atoms with Crippen molar-refractivity contribution in [1.82, 2.24) is 10.6 Å². The summed E-state index contributed by atoms with van der Waals surface area (Å²) in [7, 11) is 0. The van der Waals surface area contributed by atoms with Crippen molar-refractivity contribution in [2.45, 2.75) is 31.8 Å². The minimum absolute atomic E-state index is 0.781. The van der Waals surface area contributed by atoms with Crippen LogP contribution in [0, 0.1) is 5.92 Å². The van der Waals surface area contributed by atoms with Gasteiger partial charge in [0.2, 0.25) is 0 Å². The molecule has 0 amide bonds. The zero-order valence-corrected chi connectivity index (χ0v) is 6.56. The van der Waals surface area contributed by atoms with E-state index in [2.05, 4.69) is 17.6 Å². The zero-order chi connectivity index (χ0) is 6.97. The molecule has 3 atom stereocenters. The molecule has 2 aliphatic heterocycles. The molecule has 0 aromatic carbocycles. The Bertz CT molecular complexity index is 124. The fourth-order valence-corrected chi connectivity index (χ4v) is 2.13. The number of hydrogen-bond acceptors (Lipinski definition) is 2. The predicted molar refractivity (Wildman–Crippen MR) is 42.0 cm³/mol. The van der Waals surface area contributed by atoms with Crippen LogP contribution < -0.4 is 10.6 Å². The Morgan fingerprint density at radius 1 is 1.20 bits per heavy atom. The standard InChI is InChI=1S/C8H16N2/c1-6-4-8-7(10-5-6)2-3-9-8/h6-10H,2-5H2,1H3. The van der Waals surface area contributed by atoms with Crippen molar-refractivity contribution in [3.63, 3.8) is 0 Å². The van der Waals surface area contributed by atoms with E-state index in [0.29, 0.717) is 0 Å².